The van der Waals surface area contributed by atoms with Crippen LogP contribution in [0.1, 0.15) is 46.7 Å². The molecule has 1 aliphatic heterocycles. The quantitative estimate of drug-likeness (QED) is 0.333. The Morgan fingerprint density at radius 1 is 1.11 bits per heavy atom. The van der Waals surface area contributed by atoms with Gasteiger partial charge in [-0.05, 0) is 29.8 Å². The van der Waals surface area contributed by atoms with Crippen LogP contribution < -0.4 is 15.4 Å². The van der Waals surface area contributed by atoms with Crippen molar-refractivity contribution >= 4 is 40.6 Å². The minimum atomic E-state index is -1.07. The van der Waals surface area contributed by atoms with Crippen LogP contribution in [0.5, 0.6) is 5.75 Å². The van der Waals surface area contributed by atoms with Crippen molar-refractivity contribution < 1.29 is 33.4 Å². The smallest absolute Gasteiger partial charge is 0.345 e. The number of fused-ring (bicyclic) bond motifs is 2. The first-order valence-corrected chi connectivity index (χ1v) is 11.8. The fourth-order valence-electron chi connectivity index (χ4n) is 3.78. The molecular formula is C24H18FN5O6S. The molecule has 0 fully saturated rings. The molecule has 0 spiro atoms. The number of aromatic carboxylic acids is 1. The number of carboxylic acid groups (broad SMARTS) is 1. The van der Waals surface area contributed by atoms with Gasteiger partial charge >= 0.3 is 5.97 Å². The Hall–Kier alpha value is -4.65. The predicted molar refractivity (Wildman–Crippen MR) is 127 cm³/mol. The van der Waals surface area contributed by atoms with Crippen molar-refractivity contribution in [2.24, 2.45) is 0 Å². The molecule has 3 aromatic heterocycles. The largest absolute Gasteiger partial charge is 0.486 e. The molecule has 0 bridgehead atoms. The van der Waals surface area contributed by atoms with E-state index >= 15 is 0 Å². The Bertz CT molecular complexity index is 1580. The number of benzene rings is 1. The summed E-state index contributed by atoms with van der Waals surface area (Å²) in [5.74, 6) is -2.61. The van der Waals surface area contributed by atoms with Crippen molar-refractivity contribution in [2.45, 2.75) is 19.5 Å². The number of amides is 2. The highest BCUT2D eigenvalue weighted by Crippen LogP contribution is 2.24. The number of nitrogens with one attached hydrogen (secondary N) is 2. The van der Waals surface area contributed by atoms with E-state index in [0.717, 1.165) is 33.2 Å². The van der Waals surface area contributed by atoms with Crippen molar-refractivity contribution in [3.8, 4) is 5.75 Å². The highest BCUT2D eigenvalue weighted by Gasteiger charge is 2.21. The van der Waals surface area contributed by atoms with Crippen LogP contribution in [0.15, 0.2) is 42.6 Å². The first-order valence-electron chi connectivity index (χ1n) is 11.0. The van der Waals surface area contributed by atoms with Crippen molar-refractivity contribution in [3.63, 3.8) is 0 Å². The fraction of sp³-hybridized carbons (Fsp3) is 0.167. The molecule has 1 aromatic carbocycles. The summed E-state index contributed by atoms with van der Waals surface area (Å²) in [5.41, 5.74) is 0.823. The average molecular weight is 524 g/mol. The van der Waals surface area contributed by atoms with Gasteiger partial charge in [-0.1, -0.05) is 6.07 Å². The number of rotatable bonds is 7. The number of ether oxygens (including phenoxy) is 1. The van der Waals surface area contributed by atoms with Gasteiger partial charge in [-0.3, -0.25) is 14.4 Å². The molecule has 1 aliphatic rings. The van der Waals surface area contributed by atoms with Crippen LogP contribution in [0.3, 0.4) is 0 Å². The molecule has 11 nitrogen and oxygen atoms in total. The Kier molecular flexibility index (Phi) is 6.36. The maximum Gasteiger partial charge on any atom is 0.345 e. The van der Waals surface area contributed by atoms with Gasteiger partial charge < -0.3 is 20.5 Å². The second-order valence-corrected chi connectivity index (χ2v) is 9.31. The van der Waals surface area contributed by atoms with E-state index in [1.54, 1.807) is 24.3 Å². The van der Waals surface area contributed by atoms with Gasteiger partial charge in [0.05, 0.1) is 12.7 Å². The van der Waals surface area contributed by atoms with Gasteiger partial charge in [0.15, 0.2) is 17.2 Å². The topological polar surface area (TPSA) is 152 Å². The summed E-state index contributed by atoms with van der Waals surface area (Å²) < 4.78 is 20.7. The third-order valence-electron chi connectivity index (χ3n) is 5.54. The molecule has 5 rings (SSSR count). The highest BCUT2D eigenvalue weighted by molar-refractivity contribution is 7.13. The van der Waals surface area contributed by atoms with Gasteiger partial charge in [-0.15, -0.1) is 11.3 Å². The standard InChI is InChI=1S/C24H18FN5O6S/c25-16-10-28-30-18(23(33)27-9-15-2-4-20(37-15)24(34)35)7-17(29-21(16)30)22(32)26-8-12-1-3-19-13(5-12)6-14(31)11-36-19/h1-5,7,10H,6,8-9,11H2,(H,26,32)(H,27,33)(H,34,35). The van der Waals surface area contributed by atoms with Crippen molar-refractivity contribution in [3.05, 3.63) is 80.7 Å². The Morgan fingerprint density at radius 2 is 1.92 bits per heavy atom. The van der Waals surface area contributed by atoms with E-state index in [-0.39, 0.29) is 53.8 Å². The second kappa shape index (κ2) is 9.78. The van der Waals surface area contributed by atoms with E-state index in [9.17, 15) is 23.6 Å². The van der Waals surface area contributed by atoms with E-state index in [1.165, 1.54) is 12.1 Å². The molecule has 188 valence electrons. The van der Waals surface area contributed by atoms with Gasteiger partial charge in [0.25, 0.3) is 11.8 Å². The first-order chi connectivity index (χ1) is 17.8. The zero-order chi connectivity index (χ0) is 26.1. The summed E-state index contributed by atoms with van der Waals surface area (Å²) in [6.45, 7) is 0.159. The van der Waals surface area contributed by atoms with Crippen LogP contribution in [-0.2, 0) is 24.3 Å². The van der Waals surface area contributed by atoms with E-state index < -0.39 is 23.6 Å². The third kappa shape index (κ3) is 5.02. The summed E-state index contributed by atoms with van der Waals surface area (Å²) in [5, 5.41) is 18.2. The molecule has 3 N–H and O–H groups in total. The average Bonchev–Trinajstić information content (AvgIpc) is 3.52. The summed E-state index contributed by atoms with van der Waals surface area (Å²) >= 11 is 1.01. The van der Waals surface area contributed by atoms with Crippen LogP contribution >= 0.6 is 11.3 Å². The number of carbonyl (C=O) groups excluding carboxylic acids is 3. The lowest BCUT2D eigenvalue weighted by Gasteiger charge is -2.17. The maximum atomic E-state index is 14.3. The summed E-state index contributed by atoms with van der Waals surface area (Å²) in [4.78, 5) is 53.2. The van der Waals surface area contributed by atoms with Crippen molar-refractivity contribution in [1.29, 1.82) is 0 Å². The fourth-order valence-corrected chi connectivity index (χ4v) is 4.56. The number of thiophene rings is 1. The highest BCUT2D eigenvalue weighted by atomic mass is 32.1. The Labute approximate surface area is 211 Å². The molecule has 37 heavy (non-hydrogen) atoms. The number of nitrogens with zero attached hydrogens (tertiary/aromatic N) is 3. The maximum absolute atomic E-state index is 14.3. The molecule has 0 radical (unpaired) electrons. The number of hydrogen-bond acceptors (Lipinski definition) is 8. The molecule has 4 aromatic rings. The van der Waals surface area contributed by atoms with Gasteiger partial charge in [0.1, 0.15) is 28.6 Å². The van der Waals surface area contributed by atoms with Gasteiger partial charge in [-0.25, -0.2) is 18.7 Å². The van der Waals surface area contributed by atoms with Gasteiger partial charge in [0, 0.05) is 29.5 Å². The van der Waals surface area contributed by atoms with E-state index in [1.807, 2.05) is 0 Å². The molecule has 0 saturated heterocycles. The lowest BCUT2D eigenvalue weighted by atomic mass is 10.0. The Balaban J connectivity index is 1.33. The number of ketones is 1. The normalized spacial score (nSPS) is 12.6. The zero-order valence-corrected chi connectivity index (χ0v) is 19.8. The minimum absolute atomic E-state index is 0.0242. The number of aromatic nitrogens is 3. The van der Waals surface area contributed by atoms with E-state index in [4.69, 9.17) is 9.84 Å². The van der Waals surface area contributed by atoms with Crippen LogP contribution in [0.25, 0.3) is 5.65 Å². The minimum Gasteiger partial charge on any atom is -0.486 e. The van der Waals surface area contributed by atoms with E-state index in [0.29, 0.717) is 10.6 Å². The lowest BCUT2D eigenvalue weighted by molar-refractivity contribution is -0.121. The first kappa shape index (κ1) is 24.1. The molecule has 13 heteroatoms. The molecule has 0 saturated carbocycles. The summed E-state index contributed by atoms with van der Waals surface area (Å²) in [6, 6.07) is 9.44. The molecule has 2 amide bonds. The molecule has 0 aliphatic carbocycles. The van der Waals surface area contributed by atoms with Crippen LogP contribution in [0.4, 0.5) is 4.39 Å². The lowest BCUT2D eigenvalue weighted by Crippen LogP contribution is -2.28. The van der Waals surface area contributed by atoms with Crippen LogP contribution in [0.2, 0.25) is 0 Å². The SMILES string of the molecule is O=C1COc2ccc(CNC(=O)c3cc(C(=O)NCc4ccc(C(=O)O)s4)n4ncc(F)c4n3)cc2C1. The predicted octanol–water partition coefficient (Wildman–Crippen LogP) is 1.99. The summed E-state index contributed by atoms with van der Waals surface area (Å²) in [6.07, 6.45) is 1.13. The van der Waals surface area contributed by atoms with Gasteiger partial charge in [-0.2, -0.15) is 5.10 Å². The van der Waals surface area contributed by atoms with Gasteiger partial charge in [0.2, 0.25) is 0 Å². The number of halogens is 1. The van der Waals surface area contributed by atoms with E-state index in [2.05, 4.69) is 20.7 Å². The van der Waals surface area contributed by atoms with Crippen molar-refractivity contribution in [1.82, 2.24) is 25.2 Å². The Morgan fingerprint density at radius 3 is 2.70 bits per heavy atom. The number of hydrogen-bond donors (Lipinski definition) is 3. The third-order valence-corrected chi connectivity index (χ3v) is 6.62. The van der Waals surface area contributed by atoms with Crippen LogP contribution in [-0.4, -0.2) is 49.9 Å². The molecular weight excluding hydrogens is 505 g/mol. The van der Waals surface area contributed by atoms with Crippen LogP contribution in [0, 0.1) is 5.82 Å². The second-order valence-electron chi connectivity index (χ2n) is 8.14. The zero-order valence-electron chi connectivity index (χ0n) is 19.0. The number of carboxylic acids is 1. The monoisotopic (exact) mass is 523 g/mol. The van der Waals surface area contributed by atoms with Crippen molar-refractivity contribution in [2.75, 3.05) is 6.61 Å². The molecule has 0 unspecified atom stereocenters. The molecule has 0 atom stereocenters. The number of carbonyl (C=O) groups is 4. The summed E-state index contributed by atoms with van der Waals surface area (Å²) in [7, 11) is 0. The molecule has 4 heterocycles. The number of Topliss-reactive ketones (excluding diaryl/α,β-unsaturated/α-hetero) is 1.